The standard InChI is InChI=1S/C12H15N5O/c1-9(8-17-6-2-4-15-17)16-12(18)11-7-10(13)3-5-14-11/h2-7,9H,8H2,1H3,(H2,13,14)(H,16,18). The van der Waals surface area contributed by atoms with Crippen LogP contribution in [0.5, 0.6) is 0 Å². The zero-order valence-corrected chi connectivity index (χ0v) is 10.1. The van der Waals surface area contributed by atoms with Crippen molar-refractivity contribution in [3.05, 3.63) is 42.5 Å². The third-order valence-corrected chi connectivity index (χ3v) is 2.41. The average molecular weight is 245 g/mol. The van der Waals surface area contributed by atoms with Gasteiger partial charge in [0.05, 0.1) is 6.54 Å². The minimum Gasteiger partial charge on any atom is -0.399 e. The molecule has 6 nitrogen and oxygen atoms in total. The molecule has 2 aromatic heterocycles. The molecule has 0 saturated carbocycles. The summed E-state index contributed by atoms with van der Waals surface area (Å²) in [7, 11) is 0. The van der Waals surface area contributed by atoms with Crippen LogP contribution in [0, 0.1) is 0 Å². The molecule has 2 rings (SSSR count). The van der Waals surface area contributed by atoms with Gasteiger partial charge >= 0.3 is 0 Å². The molecule has 18 heavy (non-hydrogen) atoms. The minimum absolute atomic E-state index is 0.0411. The van der Waals surface area contributed by atoms with Crippen LogP contribution >= 0.6 is 0 Å². The van der Waals surface area contributed by atoms with Gasteiger partial charge in [-0.1, -0.05) is 0 Å². The number of hydrogen-bond acceptors (Lipinski definition) is 4. The Labute approximate surface area is 105 Å². The van der Waals surface area contributed by atoms with Crippen molar-refractivity contribution >= 4 is 11.6 Å². The summed E-state index contributed by atoms with van der Waals surface area (Å²) in [4.78, 5) is 15.9. The Morgan fingerprint density at radius 3 is 3.06 bits per heavy atom. The van der Waals surface area contributed by atoms with Crippen LogP contribution in [0.15, 0.2) is 36.8 Å². The predicted octanol–water partition coefficient (Wildman–Crippen LogP) is 0.679. The van der Waals surface area contributed by atoms with Crippen molar-refractivity contribution in [1.82, 2.24) is 20.1 Å². The highest BCUT2D eigenvalue weighted by Crippen LogP contribution is 2.03. The van der Waals surface area contributed by atoms with E-state index in [9.17, 15) is 4.79 Å². The minimum atomic E-state index is -0.234. The Morgan fingerprint density at radius 1 is 1.56 bits per heavy atom. The average Bonchev–Trinajstić information content (AvgIpc) is 2.81. The number of nitrogens with two attached hydrogens (primary N) is 1. The monoisotopic (exact) mass is 245 g/mol. The van der Waals surface area contributed by atoms with Gasteiger partial charge < -0.3 is 11.1 Å². The molecule has 0 fully saturated rings. The Bertz CT molecular complexity index is 523. The normalized spacial score (nSPS) is 12.1. The van der Waals surface area contributed by atoms with Crippen molar-refractivity contribution in [2.75, 3.05) is 5.73 Å². The summed E-state index contributed by atoms with van der Waals surface area (Å²) < 4.78 is 1.76. The second kappa shape index (κ2) is 5.31. The maximum Gasteiger partial charge on any atom is 0.270 e. The Kier molecular flexibility index (Phi) is 3.57. The maximum absolute atomic E-state index is 11.9. The molecule has 0 bridgehead atoms. The number of nitrogen functional groups attached to an aromatic ring is 1. The summed E-state index contributed by atoms with van der Waals surface area (Å²) >= 11 is 0. The lowest BCUT2D eigenvalue weighted by atomic mass is 10.2. The molecule has 0 aliphatic heterocycles. The first-order chi connectivity index (χ1) is 8.65. The lowest BCUT2D eigenvalue weighted by molar-refractivity contribution is 0.0931. The highest BCUT2D eigenvalue weighted by molar-refractivity contribution is 5.93. The van der Waals surface area contributed by atoms with Gasteiger partial charge in [-0.2, -0.15) is 5.10 Å². The number of anilines is 1. The molecule has 1 atom stereocenters. The number of carbonyl (C=O) groups excluding carboxylic acids is 1. The SMILES string of the molecule is CC(Cn1cccn1)NC(=O)c1cc(N)ccn1. The van der Waals surface area contributed by atoms with E-state index >= 15 is 0 Å². The van der Waals surface area contributed by atoms with Crippen LogP contribution in [0.3, 0.4) is 0 Å². The first kappa shape index (κ1) is 12.1. The zero-order valence-electron chi connectivity index (χ0n) is 10.1. The van der Waals surface area contributed by atoms with Gasteiger partial charge in [-0.25, -0.2) is 0 Å². The lowest BCUT2D eigenvalue weighted by Crippen LogP contribution is -2.36. The molecular formula is C12H15N5O. The topological polar surface area (TPSA) is 85.8 Å². The maximum atomic E-state index is 11.9. The number of rotatable bonds is 4. The third-order valence-electron chi connectivity index (χ3n) is 2.41. The van der Waals surface area contributed by atoms with Crippen LogP contribution in [0.25, 0.3) is 0 Å². The fraction of sp³-hybridized carbons (Fsp3) is 0.250. The van der Waals surface area contributed by atoms with E-state index in [4.69, 9.17) is 5.73 Å². The van der Waals surface area contributed by atoms with Crippen LogP contribution < -0.4 is 11.1 Å². The van der Waals surface area contributed by atoms with Crippen LogP contribution in [-0.4, -0.2) is 26.7 Å². The molecule has 0 saturated heterocycles. The second-order valence-corrected chi connectivity index (χ2v) is 4.08. The highest BCUT2D eigenvalue weighted by Gasteiger charge is 2.11. The number of amides is 1. The lowest BCUT2D eigenvalue weighted by Gasteiger charge is -2.13. The predicted molar refractivity (Wildman–Crippen MR) is 67.8 cm³/mol. The summed E-state index contributed by atoms with van der Waals surface area (Å²) in [6.07, 6.45) is 5.07. The van der Waals surface area contributed by atoms with Crippen molar-refractivity contribution in [1.29, 1.82) is 0 Å². The Morgan fingerprint density at radius 2 is 2.39 bits per heavy atom. The van der Waals surface area contributed by atoms with Gasteiger partial charge in [0.25, 0.3) is 5.91 Å². The molecule has 6 heteroatoms. The number of nitrogens with one attached hydrogen (secondary N) is 1. The van der Waals surface area contributed by atoms with Gasteiger partial charge in [0.15, 0.2) is 0 Å². The van der Waals surface area contributed by atoms with Gasteiger partial charge in [-0.05, 0) is 25.1 Å². The van der Waals surface area contributed by atoms with E-state index in [-0.39, 0.29) is 11.9 Å². The fourth-order valence-electron chi connectivity index (χ4n) is 1.60. The summed E-state index contributed by atoms with van der Waals surface area (Å²) in [6.45, 7) is 2.52. The molecule has 1 unspecified atom stereocenters. The van der Waals surface area contributed by atoms with Gasteiger partial charge in [-0.15, -0.1) is 0 Å². The number of hydrogen-bond donors (Lipinski definition) is 2. The Balaban J connectivity index is 1.95. The van der Waals surface area contributed by atoms with E-state index in [0.717, 1.165) is 0 Å². The highest BCUT2D eigenvalue weighted by atomic mass is 16.1. The number of pyridine rings is 1. The number of aromatic nitrogens is 3. The zero-order chi connectivity index (χ0) is 13.0. The first-order valence-electron chi connectivity index (χ1n) is 5.65. The molecule has 1 amide bonds. The van der Waals surface area contributed by atoms with Gasteiger partial charge in [0.2, 0.25) is 0 Å². The van der Waals surface area contributed by atoms with Crippen molar-refractivity contribution in [3.63, 3.8) is 0 Å². The Hall–Kier alpha value is -2.37. The van der Waals surface area contributed by atoms with E-state index < -0.39 is 0 Å². The molecule has 0 aliphatic rings. The van der Waals surface area contributed by atoms with E-state index in [2.05, 4.69) is 15.4 Å². The third kappa shape index (κ3) is 3.07. The molecule has 2 aromatic rings. The first-order valence-corrected chi connectivity index (χ1v) is 5.65. The number of carbonyl (C=O) groups is 1. The van der Waals surface area contributed by atoms with Crippen LogP contribution in [-0.2, 0) is 6.54 Å². The van der Waals surface area contributed by atoms with E-state index in [1.54, 1.807) is 23.0 Å². The largest absolute Gasteiger partial charge is 0.399 e. The molecule has 0 aliphatic carbocycles. The van der Waals surface area contributed by atoms with E-state index in [1.165, 1.54) is 6.20 Å². The van der Waals surface area contributed by atoms with Crippen molar-refractivity contribution < 1.29 is 4.79 Å². The van der Waals surface area contributed by atoms with E-state index in [0.29, 0.717) is 17.9 Å². The quantitative estimate of drug-likeness (QED) is 0.829. The smallest absolute Gasteiger partial charge is 0.270 e. The van der Waals surface area contributed by atoms with E-state index in [1.807, 2.05) is 19.2 Å². The summed E-state index contributed by atoms with van der Waals surface area (Å²) in [5, 5.41) is 6.92. The molecular weight excluding hydrogens is 230 g/mol. The van der Waals surface area contributed by atoms with Crippen LogP contribution in [0.4, 0.5) is 5.69 Å². The van der Waals surface area contributed by atoms with Crippen LogP contribution in [0.2, 0.25) is 0 Å². The van der Waals surface area contributed by atoms with Gasteiger partial charge in [0, 0.05) is 30.3 Å². The van der Waals surface area contributed by atoms with Crippen molar-refractivity contribution in [2.24, 2.45) is 0 Å². The van der Waals surface area contributed by atoms with Crippen molar-refractivity contribution in [3.8, 4) is 0 Å². The summed E-state index contributed by atoms with van der Waals surface area (Å²) in [6, 6.07) is 4.99. The molecule has 3 N–H and O–H groups in total. The molecule has 94 valence electrons. The molecule has 0 spiro atoms. The molecule has 0 aromatic carbocycles. The van der Waals surface area contributed by atoms with Gasteiger partial charge in [-0.3, -0.25) is 14.5 Å². The number of nitrogens with zero attached hydrogens (tertiary/aromatic N) is 3. The van der Waals surface area contributed by atoms with Gasteiger partial charge in [0.1, 0.15) is 5.69 Å². The summed E-state index contributed by atoms with van der Waals surface area (Å²) in [5.41, 5.74) is 6.45. The second-order valence-electron chi connectivity index (χ2n) is 4.08. The molecule has 0 radical (unpaired) electrons. The van der Waals surface area contributed by atoms with Crippen LogP contribution in [0.1, 0.15) is 17.4 Å². The summed E-state index contributed by atoms with van der Waals surface area (Å²) in [5.74, 6) is -0.234. The van der Waals surface area contributed by atoms with Crippen molar-refractivity contribution in [2.45, 2.75) is 19.5 Å². The molecule has 2 heterocycles. The fourth-order valence-corrected chi connectivity index (χ4v) is 1.60.